The molecule has 4 nitrogen and oxygen atoms in total. The number of alkyl halides is 3. The molecule has 1 aromatic carbocycles. The Balaban J connectivity index is 1.45. The summed E-state index contributed by atoms with van der Waals surface area (Å²) in [6, 6.07) is 5.09. The van der Waals surface area contributed by atoms with Gasteiger partial charge in [-0.05, 0) is 50.6 Å². The number of rotatable bonds is 6. The number of allylic oxidation sites excluding steroid dienone is 3. The third kappa shape index (κ3) is 5.23. The summed E-state index contributed by atoms with van der Waals surface area (Å²) in [5.41, 5.74) is 2.96. The van der Waals surface area contributed by atoms with Crippen LogP contribution >= 0.6 is 11.3 Å². The van der Waals surface area contributed by atoms with Crippen LogP contribution in [0.1, 0.15) is 36.4 Å². The summed E-state index contributed by atoms with van der Waals surface area (Å²) < 4.78 is 44.4. The van der Waals surface area contributed by atoms with E-state index < -0.39 is 17.3 Å². The van der Waals surface area contributed by atoms with Gasteiger partial charge in [0.25, 0.3) is 0 Å². The number of thiazole rings is 1. The molecule has 2 aliphatic rings. The highest BCUT2D eigenvalue weighted by Crippen LogP contribution is 2.34. The van der Waals surface area contributed by atoms with Gasteiger partial charge in [-0.25, -0.2) is 4.98 Å². The molecule has 0 fully saturated rings. The van der Waals surface area contributed by atoms with Gasteiger partial charge in [-0.1, -0.05) is 30.9 Å². The molecule has 2 aromatic rings. The first-order valence-corrected chi connectivity index (χ1v) is 11.6. The highest BCUT2D eigenvalue weighted by Gasteiger charge is 2.30. The second kappa shape index (κ2) is 9.00. The smallest absolute Gasteiger partial charge is 0.416 e. The van der Waals surface area contributed by atoms with Crippen LogP contribution in [0.4, 0.5) is 13.2 Å². The Labute approximate surface area is 200 Å². The summed E-state index contributed by atoms with van der Waals surface area (Å²) in [6.07, 6.45) is 4.43. The summed E-state index contributed by atoms with van der Waals surface area (Å²) in [7, 11) is 0. The molecule has 178 valence electrons. The van der Waals surface area contributed by atoms with Gasteiger partial charge in [-0.2, -0.15) is 13.2 Å². The number of aliphatic hydroxyl groups is 1. The number of aliphatic imine (C=N–C) groups is 1. The van der Waals surface area contributed by atoms with Crippen LogP contribution in [-0.4, -0.2) is 27.5 Å². The lowest BCUT2D eigenvalue weighted by molar-refractivity contribution is -0.137. The average molecular weight is 487 g/mol. The van der Waals surface area contributed by atoms with E-state index in [9.17, 15) is 18.3 Å². The molecule has 0 saturated heterocycles. The van der Waals surface area contributed by atoms with Crippen molar-refractivity contribution >= 4 is 17.0 Å². The number of ether oxygens (including phenoxy) is 1. The third-order valence-electron chi connectivity index (χ3n) is 5.78. The largest absolute Gasteiger partial charge is 0.510 e. The van der Waals surface area contributed by atoms with E-state index in [0.717, 1.165) is 39.7 Å². The van der Waals surface area contributed by atoms with E-state index in [1.165, 1.54) is 23.5 Å². The molecule has 0 spiro atoms. The van der Waals surface area contributed by atoms with Crippen LogP contribution in [0.15, 0.2) is 77.2 Å². The van der Waals surface area contributed by atoms with Gasteiger partial charge in [0, 0.05) is 29.0 Å². The van der Waals surface area contributed by atoms with Crippen LogP contribution in [0.2, 0.25) is 0 Å². The van der Waals surface area contributed by atoms with Gasteiger partial charge in [-0.3, -0.25) is 4.99 Å². The molecule has 1 atom stereocenters. The Kier molecular flexibility index (Phi) is 6.40. The maximum absolute atomic E-state index is 12.8. The van der Waals surface area contributed by atoms with Crippen molar-refractivity contribution in [1.82, 2.24) is 4.98 Å². The quantitative estimate of drug-likeness (QED) is 0.442. The molecule has 0 radical (unpaired) electrons. The number of aromatic nitrogens is 1. The van der Waals surface area contributed by atoms with Crippen LogP contribution in [0.25, 0.3) is 10.6 Å². The van der Waals surface area contributed by atoms with Gasteiger partial charge >= 0.3 is 6.18 Å². The molecule has 1 aliphatic carbocycles. The fraction of sp³-hybridized carbons (Fsp3) is 0.308. The van der Waals surface area contributed by atoms with Crippen molar-refractivity contribution in [3.8, 4) is 10.6 Å². The number of nitrogens with zero attached hydrogens (tertiary/aromatic N) is 2. The van der Waals surface area contributed by atoms with Crippen LogP contribution in [-0.2, 0) is 17.3 Å². The number of benzene rings is 1. The lowest BCUT2D eigenvalue weighted by atomic mass is 10.1. The first-order chi connectivity index (χ1) is 15.9. The summed E-state index contributed by atoms with van der Waals surface area (Å²) in [4.78, 5) is 10.4. The SMILES string of the molecule is C=C(O)C(C)(C)OC1C=CC2=C(C=C1)N=C(Cc1sc(-c3ccc(C(F)(F)F)cc3)nc1C)C2. The van der Waals surface area contributed by atoms with Crippen LogP contribution < -0.4 is 0 Å². The fourth-order valence-corrected chi connectivity index (χ4v) is 4.74. The van der Waals surface area contributed by atoms with E-state index in [2.05, 4.69) is 11.6 Å². The molecule has 2 heterocycles. The molecule has 4 rings (SSSR count). The molecule has 1 aliphatic heterocycles. The minimum atomic E-state index is -4.35. The molecule has 0 bridgehead atoms. The minimum Gasteiger partial charge on any atom is -0.510 e. The molecule has 0 saturated carbocycles. The van der Waals surface area contributed by atoms with Gasteiger partial charge in [0.05, 0.1) is 23.1 Å². The summed E-state index contributed by atoms with van der Waals surface area (Å²) >= 11 is 1.48. The van der Waals surface area contributed by atoms with Crippen LogP contribution in [0.5, 0.6) is 0 Å². The maximum atomic E-state index is 12.8. The second-order valence-corrected chi connectivity index (χ2v) is 9.89. The highest BCUT2D eigenvalue weighted by atomic mass is 32.1. The summed E-state index contributed by atoms with van der Waals surface area (Å²) in [6.45, 7) is 8.99. The van der Waals surface area contributed by atoms with Crippen molar-refractivity contribution in [2.45, 2.75) is 51.5 Å². The molecule has 8 heteroatoms. The van der Waals surface area contributed by atoms with E-state index in [1.54, 1.807) is 13.8 Å². The molecule has 1 N–H and O–H groups in total. The van der Waals surface area contributed by atoms with Crippen LogP contribution in [0, 0.1) is 6.92 Å². The lowest BCUT2D eigenvalue weighted by Gasteiger charge is -2.27. The van der Waals surface area contributed by atoms with E-state index in [0.29, 0.717) is 23.4 Å². The van der Waals surface area contributed by atoms with E-state index in [4.69, 9.17) is 9.73 Å². The zero-order chi connectivity index (χ0) is 24.7. The Morgan fingerprint density at radius 2 is 1.85 bits per heavy atom. The normalized spacial score (nSPS) is 18.2. The Bertz CT molecular complexity index is 1230. The highest BCUT2D eigenvalue weighted by molar-refractivity contribution is 7.15. The van der Waals surface area contributed by atoms with Crippen molar-refractivity contribution in [2.75, 3.05) is 0 Å². The van der Waals surface area contributed by atoms with E-state index in [-0.39, 0.29) is 11.9 Å². The number of hydrogen-bond donors (Lipinski definition) is 1. The first kappa shape index (κ1) is 24.2. The van der Waals surface area contributed by atoms with Gasteiger partial charge < -0.3 is 9.84 Å². The monoisotopic (exact) mass is 486 g/mol. The predicted octanol–water partition coefficient (Wildman–Crippen LogP) is 7.14. The number of hydrogen-bond acceptors (Lipinski definition) is 5. The second-order valence-electron chi connectivity index (χ2n) is 8.80. The van der Waals surface area contributed by atoms with Crippen LogP contribution in [0.3, 0.4) is 0 Å². The number of halogens is 3. The zero-order valence-electron chi connectivity index (χ0n) is 19.1. The van der Waals surface area contributed by atoms with Crippen molar-refractivity contribution in [2.24, 2.45) is 4.99 Å². The fourth-order valence-electron chi connectivity index (χ4n) is 3.63. The molecular formula is C26H25F3N2O2S. The standard InChI is InChI=1S/C26H25F3N2O2S/c1-15-23(34-24(30-15)17-5-8-19(9-6-17)26(27,28)29)14-20-13-18-7-10-21(11-12-22(18)31-20)33-25(3,4)16(2)32/h5-12,21,32H,2,13-14H2,1,3-4H3. The van der Waals surface area contributed by atoms with Crippen molar-refractivity contribution in [3.05, 3.63) is 88.3 Å². The van der Waals surface area contributed by atoms with Crippen molar-refractivity contribution in [3.63, 3.8) is 0 Å². The van der Waals surface area contributed by atoms with Gasteiger partial charge in [0.1, 0.15) is 16.4 Å². The molecule has 34 heavy (non-hydrogen) atoms. The third-order valence-corrected chi connectivity index (χ3v) is 6.98. The summed E-state index contributed by atoms with van der Waals surface area (Å²) in [5.74, 6) is -0.0325. The van der Waals surface area contributed by atoms with Gasteiger partial charge in [-0.15, -0.1) is 11.3 Å². The first-order valence-electron chi connectivity index (χ1n) is 10.8. The Hall–Kier alpha value is -2.97. The molecule has 0 amide bonds. The zero-order valence-corrected chi connectivity index (χ0v) is 19.9. The topological polar surface area (TPSA) is 54.7 Å². The predicted molar refractivity (Wildman–Crippen MR) is 129 cm³/mol. The maximum Gasteiger partial charge on any atom is 0.416 e. The number of aliphatic hydroxyl groups excluding tert-OH is 1. The lowest BCUT2D eigenvalue weighted by Crippen LogP contribution is -2.30. The van der Waals surface area contributed by atoms with E-state index in [1.807, 2.05) is 31.2 Å². The number of aryl methyl sites for hydroxylation is 1. The van der Waals surface area contributed by atoms with Gasteiger partial charge in [0.15, 0.2) is 0 Å². The summed E-state index contributed by atoms with van der Waals surface area (Å²) in [5, 5.41) is 10.4. The Morgan fingerprint density at radius 1 is 1.18 bits per heavy atom. The minimum absolute atomic E-state index is 0.0325. The average Bonchev–Trinajstić information content (AvgIpc) is 3.27. The van der Waals surface area contributed by atoms with Crippen molar-refractivity contribution in [1.29, 1.82) is 0 Å². The molecule has 1 aromatic heterocycles. The molecule has 1 unspecified atom stereocenters. The van der Waals surface area contributed by atoms with Gasteiger partial charge in [0.2, 0.25) is 0 Å². The van der Waals surface area contributed by atoms with E-state index >= 15 is 0 Å². The molecular weight excluding hydrogens is 461 g/mol. The van der Waals surface area contributed by atoms with Crippen molar-refractivity contribution < 1.29 is 23.0 Å². The Morgan fingerprint density at radius 3 is 2.50 bits per heavy atom.